The lowest BCUT2D eigenvalue weighted by Gasteiger charge is -2.16. The molecule has 0 radical (unpaired) electrons. The van der Waals surface area contributed by atoms with Crippen LogP contribution in [0.1, 0.15) is 5.56 Å². The molecule has 0 fully saturated rings. The molecular formula is C20H23ClF3N3OSSi. The van der Waals surface area contributed by atoms with E-state index in [1.807, 2.05) is 23.0 Å². The van der Waals surface area contributed by atoms with Gasteiger partial charge in [0.15, 0.2) is 0 Å². The van der Waals surface area contributed by atoms with Gasteiger partial charge < -0.3 is 9.30 Å². The quantitative estimate of drug-likeness (QED) is 0.164. The topological polar surface area (TPSA) is 39.9 Å². The first kappa shape index (κ1) is 23.1. The molecule has 1 aromatic carbocycles. The van der Waals surface area contributed by atoms with Gasteiger partial charge >= 0.3 is 6.18 Å². The fraction of sp³-hybridized carbons (Fsp3) is 0.400. The van der Waals surface area contributed by atoms with Gasteiger partial charge in [0.2, 0.25) is 5.28 Å². The smallest absolute Gasteiger partial charge is 0.361 e. The minimum atomic E-state index is -4.60. The van der Waals surface area contributed by atoms with E-state index in [0.717, 1.165) is 22.7 Å². The number of nitrogens with zero attached hydrogens (tertiary/aromatic N) is 3. The number of hydrogen-bond donors (Lipinski definition) is 0. The molecule has 3 aromatic rings. The third-order valence-electron chi connectivity index (χ3n) is 4.63. The summed E-state index contributed by atoms with van der Waals surface area (Å²) in [6.45, 7) is 7.66. The highest BCUT2D eigenvalue weighted by atomic mass is 35.5. The summed E-state index contributed by atoms with van der Waals surface area (Å²) < 4.78 is 48.6. The van der Waals surface area contributed by atoms with Gasteiger partial charge in [-0.3, -0.25) is 0 Å². The third-order valence-corrected chi connectivity index (χ3v) is 7.28. The van der Waals surface area contributed by atoms with Crippen LogP contribution in [-0.4, -0.2) is 35.5 Å². The molecule has 0 atom stereocenters. The number of benzene rings is 1. The zero-order valence-electron chi connectivity index (χ0n) is 17.2. The van der Waals surface area contributed by atoms with E-state index in [4.69, 9.17) is 16.3 Å². The summed E-state index contributed by atoms with van der Waals surface area (Å²) in [6, 6.07) is 6.56. The molecule has 2 aromatic heterocycles. The van der Waals surface area contributed by atoms with Gasteiger partial charge in [0.05, 0.1) is 11.2 Å². The maximum absolute atomic E-state index is 13.6. The molecule has 30 heavy (non-hydrogen) atoms. The van der Waals surface area contributed by atoms with Gasteiger partial charge in [-0.1, -0.05) is 31.8 Å². The molecule has 0 N–H and O–H groups in total. The van der Waals surface area contributed by atoms with Crippen LogP contribution in [0.2, 0.25) is 31.0 Å². The molecule has 0 spiro atoms. The Hall–Kier alpha value is -1.55. The minimum Gasteiger partial charge on any atom is -0.361 e. The van der Waals surface area contributed by atoms with Crippen molar-refractivity contribution in [3.8, 4) is 11.3 Å². The van der Waals surface area contributed by atoms with Crippen LogP contribution in [0.3, 0.4) is 0 Å². The predicted molar refractivity (Wildman–Crippen MR) is 119 cm³/mol. The van der Waals surface area contributed by atoms with Gasteiger partial charge in [0.1, 0.15) is 12.3 Å². The van der Waals surface area contributed by atoms with Crippen molar-refractivity contribution in [1.29, 1.82) is 0 Å². The number of para-hydroxylation sites is 1. The number of halogens is 4. The van der Waals surface area contributed by atoms with Gasteiger partial charge in [-0.05, 0) is 30.0 Å². The molecule has 3 rings (SSSR count). The van der Waals surface area contributed by atoms with Crippen molar-refractivity contribution < 1.29 is 17.9 Å². The van der Waals surface area contributed by atoms with Gasteiger partial charge in [-0.25, -0.2) is 9.97 Å². The SMILES string of the molecule is CSc1cccc2c(-c3nc(Cl)ncc3C(F)(F)F)cn(COCC[Si](C)(C)C)c12. The second-order valence-corrected chi connectivity index (χ2v) is 14.9. The van der Waals surface area contributed by atoms with Crippen LogP contribution in [0.15, 0.2) is 35.5 Å². The van der Waals surface area contributed by atoms with Gasteiger partial charge in [-0.15, -0.1) is 11.8 Å². The fourth-order valence-corrected chi connectivity index (χ4v) is 4.62. The molecule has 162 valence electrons. The average molecular weight is 474 g/mol. The van der Waals surface area contributed by atoms with Crippen LogP contribution >= 0.6 is 23.4 Å². The summed E-state index contributed by atoms with van der Waals surface area (Å²) in [5.74, 6) is 0. The van der Waals surface area contributed by atoms with E-state index in [9.17, 15) is 13.2 Å². The van der Waals surface area contributed by atoms with Crippen molar-refractivity contribution in [2.75, 3.05) is 12.9 Å². The molecule has 0 unspecified atom stereocenters. The summed E-state index contributed by atoms with van der Waals surface area (Å²) in [4.78, 5) is 8.42. The Kier molecular flexibility index (Phi) is 6.86. The van der Waals surface area contributed by atoms with Crippen molar-refractivity contribution in [3.05, 3.63) is 41.4 Å². The van der Waals surface area contributed by atoms with Gasteiger partial charge in [0.25, 0.3) is 0 Å². The largest absolute Gasteiger partial charge is 0.419 e. The van der Waals surface area contributed by atoms with E-state index in [-0.39, 0.29) is 17.7 Å². The maximum Gasteiger partial charge on any atom is 0.419 e. The van der Waals surface area contributed by atoms with E-state index in [2.05, 4.69) is 29.6 Å². The highest BCUT2D eigenvalue weighted by Gasteiger charge is 2.36. The lowest BCUT2D eigenvalue weighted by atomic mass is 10.1. The first-order valence-corrected chi connectivity index (χ1v) is 14.7. The second-order valence-electron chi connectivity index (χ2n) is 8.12. The molecule has 0 aliphatic heterocycles. The van der Waals surface area contributed by atoms with Crippen molar-refractivity contribution in [2.24, 2.45) is 0 Å². The van der Waals surface area contributed by atoms with Crippen LogP contribution in [-0.2, 0) is 17.6 Å². The number of ether oxygens (including phenoxy) is 1. The standard InChI is InChI=1S/C20H23ClF3N3OSSi/c1-29-16-7-5-6-13-14(17-15(20(22,23)24)10-25-19(21)26-17)11-27(18(13)16)12-28-8-9-30(2,3)4/h5-7,10-11H,8-9,12H2,1-4H3. The Labute approximate surface area is 183 Å². The second kappa shape index (κ2) is 8.90. The number of aromatic nitrogens is 3. The number of thioether (sulfide) groups is 1. The third kappa shape index (κ3) is 5.19. The molecule has 0 saturated heterocycles. The molecule has 0 amide bonds. The Morgan fingerprint density at radius 1 is 1.23 bits per heavy atom. The number of fused-ring (bicyclic) bond motifs is 1. The summed E-state index contributed by atoms with van der Waals surface area (Å²) in [5.41, 5.74) is 0.0222. The van der Waals surface area contributed by atoms with Crippen molar-refractivity contribution in [1.82, 2.24) is 14.5 Å². The summed E-state index contributed by atoms with van der Waals surface area (Å²) in [6.07, 6.45) is -0.274. The maximum atomic E-state index is 13.6. The first-order valence-electron chi connectivity index (χ1n) is 9.35. The van der Waals surface area contributed by atoms with Gasteiger partial charge in [0, 0.05) is 42.9 Å². The molecule has 10 heteroatoms. The Bertz CT molecular complexity index is 1050. The highest BCUT2D eigenvalue weighted by Crippen LogP contribution is 2.41. The van der Waals surface area contributed by atoms with Crippen LogP contribution in [0.25, 0.3) is 22.2 Å². The van der Waals surface area contributed by atoms with Crippen LogP contribution in [0.5, 0.6) is 0 Å². The Balaban J connectivity index is 2.11. The number of rotatable bonds is 7. The van der Waals surface area contributed by atoms with E-state index in [1.54, 1.807) is 12.3 Å². The molecule has 0 saturated carbocycles. The van der Waals surface area contributed by atoms with E-state index < -0.39 is 19.8 Å². The monoisotopic (exact) mass is 473 g/mol. The van der Waals surface area contributed by atoms with Crippen LogP contribution < -0.4 is 0 Å². The normalized spacial score (nSPS) is 12.7. The molecule has 2 heterocycles. The predicted octanol–water partition coefficient (Wildman–Crippen LogP) is 6.80. The highest BCUT2D eigenvalue weighted by molar-refractivity contribution is 7.98. The molecule has 0 aliphatic carbocycles. The van der Waals surface area contributed by atoms with Crippen molar-refractivity contribution in [3.63, 3.8) is 0 Å². The summed E-state index contributed by atoms with van der Waals surface area (Å²) in [5, 5.41) is 0.433. The van der Waals surface area contributed by atoms with E-state index in [1.165, 1.54) is 11.8 Å². The fourth-order valence-electron chi connectivity index (χ4n) is 3.10. The first-order chi connectivity index (χ1) is 14.0. The summed E-state index contributed by atoms with van der Waals surface area (Å²) in [7, 11) is -1.24. The number of alkyl halides is 3. The molecule has 0 aliphatic rings. The van der Waals surface area contributed by atoms with Crippen molar-refractivity contribution >= 4 is 42.3 Å². The lowest BCUT2D eigenvalue weighted by molar-refractivity contribution is -0.137. The Morgan fingerprint density at radius 3 is 2.60 bits per heavy atom. The van der Waals surface area contributed by atoms with E-state index in [0.29, 0.717) is 17.6 Å². The van der Waals surface area contributed by atoms with Crippen LogP contribution in [0.4, 0.5) is 13.2 Å². The molecular weight excluding hydrogens is 451 g/mol. The average Bonchev–Trinajstić information content (AvgIpc) is 3.02. The number of hydrogen-bond acceptors (Lipinski definition) is 4. The zero-order chi connectivity index (χ0) is 22.1. The lowest BCUT2D eigenvalue weighted by Crippen LogP contribution is -2.22. The molecule has 4 nitrogen and oxygen atoms in total. The molecule has 0 bridgehead atoms. The Morgan fingerprint density at radius 2 is 1.97 bits per heavy atom. The zero-order valence-corrected chi connectivity index (χ0v) is 19.8. The van der Waals surface area contributed by atoms with Crippen LogP contribution in [0, 0.1) is 0 Å². The van der Waals surface area contributed by atoms with E-state index >= 15 is 0 Å². The van der Waals surface area contributed by atoms with Gasteiger partial charge in [-0.2, -0.15) is 13.2 Å². The van der Waals surface area contributed by atoms with Crippen molar-refractivity contribution in [2.45, 2.75) is 43.5 Å². The summed E-state index contributed by atoms with van der Waals surface area (Å²) >= 11 is 7.38. The minimum absolute atomic E-state index is 0.230.